The molecule has 1 fully saturated rings. The van der Waals surface area contributed by atoms with Gasteiger partial charge in [0.2, 0.25) is 0 Å². The fraction of sp³-hybridized carbons (Fsp3) is 0.100. The van der Waals surface area contributed by atoms with Gasteiger partial charge in [-0.2, -0.15) is 0 Å². The van der Waals surface area contributed by atoms with Gasteiger partial charge in [-0.15, -0.1) is 6.58 Å². The van der Waals surface area contributed by atoms with E-state index in [1.54, 1.807) is 30.4 Å². The maximum absolute atomic E-state index is 12.4. The average molecular weight is 436 g/mol. The van der Waals surface area contributed by atoms with Crippen LogP contribution in [0.15, 0.2) is 60.0 Å². The molecule has 0 aliphatic carbocycles. The second-order valence-electron chi connectivity index (χ2n) is 5.64. The van der Waals surface area contributed by atoms with Crippen molar-refractivity contribution in [1.29, 1.82) is 0 Å². The first-order chi connectivity index (χ1) is 13.0. The van der Waals surface area contributed by atoms with Crippen LogP contribution in [0.4, 0.5) is 0 Å². The molecule has 0 atom stereocenters. The Labute approximate surface area is 177 Å². The molecule has 1 aliphatic rings. The van der Waals surface area contributed by atoms with Gasteiger partial charge < -0.3 is 4.74 Å². The van der Waals surface area contributed by atoms with Crippen LogP contribution in [0.5, 0.6) is 5.75 Å². The number of benzene rings is 2. The summed E-state index contributed by atoms with van der Waals surface area (Å²) in [4.78, 5) is 14.5. The van der Waals surface area contributed by atoms with E-state index in [4.69, 9.17) is 40.2 Å². The number of nitrogens with zero attached hydrogens (tertiary/aromatic N) is 1. The van der Waals surface area contributed by atoms with Crippen LogP contribution < -0.4 is 4.74 Å². The predicted molar refractivity (Wildman–Crippen MR) is 117 cm³/mol. The maximum atomic E-state index is 12.4. The molecular formula is C20H15Cl2NO2S2. The van der Waals surface area contributed by atoms with Crippen molar-refractivity contribution < 1.29 is 9.53 Å². The predicted octanol–water partition coefficient (Wildman–Crippen LogP) is 5.96. The van der Waals surface area contributed by atoms with Crippen LogP contribution in [0.3, 0.4) is 0 Å². The Morgan fingerprint density at radius 1 is 1.19 bits per heavy atom. The Bertz CT molecular complexity index is 923. The Hall–Kier alpha value is -1.79. The zero-order chi connectivity index (χ0) is 19.4. The first-order valence-electron chi connectivity index (χ1n) is 8.01. The lowest BCUT2D eigenvalue weighted by Crippen LogP contribution is -2.27. The Kier molecular flexibility index (Phi) is 6.60. The summed E-state index contributed by atoms with van der Waals surface area (Å²) in [6.07, 6.45) is 3.46. The molecular weight excluding hydrogens is 421 g/mol. The summed E-state index contributed by atoms with van der Waals surface area (Å²) >= 11 is 18.9. The molecule has 0 aromatic heterocycles. The summed E-state index contributed by atoms with van der Waals surface area (Å²) in [5.41, 5.74) is 1.58. The molecule has 138 valence electrons. The summed E-state index contributed by atoms with van der Waals surface area (Å²) in [6, 6.07) is 12.8. The molecule has 3 nitrogen and oxygen atoms in total. The van der Waals surface area contributed by atoms with Crippen LogP contribution in [-0.4, -0.2) is 21.7 Å². The molecule has 2 aromatic rings. The highest BCUT2D eigenvalue weighted by Crippen LogP contribution is 2.33. The third-order valence-corrected chi connectivity index (χ3v) is 5.87. The highest BCUT2D eigenvalue weighted by molar-refractivity contribution is 8.26. The quantitative estimate of drug-likeness (QED) is 0.318. The van der Waals surface area contributed by atoms with Gasteiger partial charge in [0, 0.05) is 22.2 Å². The molecule has 1 heterocycles. The third kappa shape index (κ3) is 4.74. The largest absolute Gasteiger partial charge is 0.489 e. The molecule has 27 heavy (non-hydrogen) atoms. The van der Waals surface area contributed by atoms with E-state index in [1.165, 1.54) is 16.7 Å². The molecule has 0 bridgehead atoms. The Morgan fingerprint density at radius 3 is 2.59 bits per heavy atom. The third-order valence-electron chi connectivity index (χ3n) is 3.79. The lowest BCUT2D eigenvalue weighted by Gasteiger charge is -2.10. The van der Waals surface area contributed by atoms with Gasteiger partial charge in [0.1, 0.15) is 16.7 Å². The molecule has 1 amide bonds. The number of carbonyl (C=O) groups is 1. The lowest BCUT2D eigenvalue weighted by molar-refractivity contribution is -0.121. The molecule has 7 heteroatoms. The molecule has 0 unspecified atom stereocenters. The molecule has 0 radical (unpaired) electrons. The van der Waals surface area contributed by atoms with E-state index in [0.29, 0.717) is 31.6 Å². The number of hydrogen-bond acceptors (Lipinski definition) is 4. The molecule has 0 N–H and O–H groups in total. The topological polar surface area (TPSA) is 29.5 Å². The van der Waals surface area contributed by atoms with Gasteiger partial charge >= 0.3 is 0 Å². The minimum Gasteiger partial charge on any atom is -0.489 e. The number of halogens is 2. The van der Waals surface area contributed by atoms with Crippen molar-refractivity contribution in [2.45, 2.75) is 6.61 Å². The highest BCUT2D eigenvalue weighted by Gasteiger charge is 2.30. The molecule has 2 aromatic carbocycles. The van der Waals surface area contributed by atoms with Gasteiger partial charge in [-0.05, 0) is 35.9 Å². The monoisotopic (exact) mass is 435 g/mol. The number of carbonyl (C=O) groups excluding carboxylic acids is 1. The summed E-state index contributed by atoms with van der Waals surface area (Å²) in [6.45, 7) is 4.31. The summed E-state index contributed by atoms with van der Waals surface area (Å²) in [5.74, 6) is 0.542. The molecule has 0 spiro atoms. The zero-order valence-electron chi connectivity index (χ0n) is 14.2. The van der Waals surface area contributed by atoms with E-state index < -0.39 is 0 Å². The number of thioether (sulfide) groups is 1. The second-order valence-corrected chi connectivity index (χ2v) is 8.13. The summed E-state index contributed by atoms with van der Waals surface area (Å²) in [7, 11) is 0. The van der Waals surface area contributed by atoms with E-state index in [2.05, 4.69) is 6.58 Å². The first kappa shape index (κ1) is 20.0. The van der Waals surface area contributed by atoms with Gasteiger partial charge in [-0.3, -0.25) is 9.69 Å². The second kappa shape index (κ2) is 8.93. The van der Waals surface area contributed by atoms with Crippen LogP contribution in [0.1, 0.15) is 11.1 Å². The lowest BCUT2D eigenvalue weighted by atomic mass is 10.2. The average Bonchev–Trinajstić information content (AvgIpc) is 2.89. The maximum Gasteiger partial charge on any atom is 0.266 e. The van der Waals surface area contributed by atoms with Crippen molar-refractivity contribution in [2.24, 2.45) is 0 Å². The number of rotatable bonds is 6. The van der Waals surface area contributed by atoms with Gasteiger partial charge in [-0.25, -0.2) is 0 Å². The van der Waals surface area contributed by atoms with Crippen molar-refractivity contribution in [3.05, 3.63) is 81.2 Å². The van der Waals surface area contributed by atoms with Gasteiger partial charge in [0.25, 0.3) is 5.91 Å². The Morgan fingerprint density at radius 2 is 1.89 bits per heavy atom. The van der Waals surface area contributed by atoms with Crippen LogP contribution in [-0.2, 0) is 11.4 Å². The van der Waals surface area contributed by atoms with Crippen LogP contribution in [0, 0.1) is 0 Å². The summed E-state index contributed by atoms with van der Waals surface area (Å²) < 4.78 is 6.36. The van der Waals surface area contributed by atoms with Crippen LogP contribution in [0.25, 0.3) is 6.08 Å². The Balaban J connectivity index is 1.75. The van der Waals surface area contributed by atoms with E-state index in [0.717, 1.165) is 11.1 Å². The zero-order valence-corrected chi connectivity index (χ0v) is 17.3. The number of ether oxygens (including phenoxy) is 1. The number of thiocarbonyl (C=S) groups is 1. The SMILES string of the molecule is C=CCN1C(=O)C(=Cc2cccc(OCc3c(Cl)cccc3Cl)c2)SC1=S. The smallest absolute Gasteiger partial charge is 0.266 e. The van der Waals surface area contributed by atoms with Crippen molar-refractivity contribution in [1.82, 2.24) is 4.90 Å². The minimum absolute atomic E-state index is 0.112. The molecule has 1 saturated heterocycles. The van der Waals surface area contributed by atoms with Crippen molar-refractivity contribution in [3.63, 3.8) is 0 Å². The van der Waals surface area contributed by atoms with Crippen molar-refractivity contribution >= 4 is 63.5 Å². The van der Waals surface area contributed by atoms with Gasteiger partial charge in [-0.1, -0.05) is 71.5 Å². The number of amides is 1. The standard InChI is InChI=1S/C20H15Cl2NO2S2/c1-2-9-23-19(24)18(27-20(23)26)11-13-5-3-6-14(10-13)25-12-15-16(21)7-4-8-17(15)22/h2-8,10-11H,1,9,12H2. The van der Waals surface area contributed by atoms with Gasteiger partial charge in [0.15, 0.2) is 0 Å². The van der Waals surface area contributed by atoms with Crippen molar-refractivity contribution in [3.8, 4) is 5.75 Å². The minimum atomic E-state index is -0.112. The molecule has 1 aliphatic heterocycles. The highest BCUT2D eigenvalue weighted by atomic mass is 35.5. The fourth-order valence-corrected chi connectivity index (χ4v) is 4.24. The van der Waals surface area contributed by atoms with E-state index in [9.17, 15) is 4.79 Å². The van der Waals surface area contributed by atoms with E-state index >= 15 is 0 Å². The van der Waals surface area contributed by atoms with Crippen molar-refractivity contribution in [2.75, 3.05) is 6.54 Å². The normalized spacial score (nSPS) is 15.5. The molecule has 0 saturated carbocycles. The fourth-order valence-electron chi connectivity index (χ4n) is 2.46. The summed E-state index contributed by atoms with van der Waals surface area (Å²) in [5, 5.41) is 1.12. The van der Waals surface area contributed by atoms with Crippen LogP contribution >= 0.6 is 47.2 Å². The number of hydrogen-bond donors (Lipinski definition) is 0. The molecule has 3 rings (SSSR count). The van der Waals surface area contributed by atoms with E-state index in [1.807, 2.05) is 24.3 Å². The van der Waals surface area contributed by atoms with E-state index in [-0.39, 0.29) is 12.5 Å². The van der Waals surface area contributed by atoms with Gasteiger partial charge in [0.05, 0.1) is 4.91 Å². The first-order valence-corrected chi connectivity index (χ1v) is 9.99. The van der Waals surface area contributed by atoms with Crippen LogP contribution in [0.2, 0.25) is 10.0 Å².